The minimum absolute atomic E-state index is 0.601. The van der Waals surface area contributed by atoms with E-state index < -0.39 is 11.7 Å². The van der Waals surface area contributed by atoms with E-state index in [0.29, 0.717) is 0 Å². The van der Waals surface area contributed by atoms with Gasteiger partial charge in [-0.3, -0.25) is 0 Å². The first-order valence-electron chi connectivity index (χ1n) is 4.79. The molecule has 0 nitrogen and oxygen atoms in total. The fourth-order valence-electron chi connectivity index (χ4n) is 1.35. The third kappa shape index (κ3) is 3.11. The first-order valence-corrected chi connectivity index (χ1v) is 4.79. The van der Waals surface area contributed by atoms with E-state index in [1.807, 2.05) is 19.9 Å². The first kappa shape index (κ1) is 11.8. The quantitative estimate of drug-likeness (QED) is 0.679. The molecule has 0 heterocycles. The van der Waals surface area contributed by atoms with Crippen molar-refractivity contribution >= 4 is 5.57 Å². The van der Waals surface area contributed by atoms with Crippen molar-refractivity contribution < 1.29 is 13.2 Å². The number of hydrogen-bond acceptors (Lipinski definition) is 0. The minimum atomic E-state index is -4.25. The lowest BCUT2D eigenvalue weighted by atomic mass is 10.0. The monoisotopic (exact) mass is 214 g/mol. The van der Waals surface area contributed by atoms with Crippen LogP contribution in [0.15, 0.2) is 30.3 Å². The first-order chi connectivity index (χ1) is 6.95. The molecule has 1 aromatic carbocycles. The Morgan fingerprint density at radius 1 is 1.20 bits per heavy atom. The highest BCUT2D eigenvalue weighted by molar-refractivity contribution is 5.63. The maximum absolute atomic E-state index is 12.3. The third-order valence-electron chi connectivity index (χ3n) is 2.18. The molecule has 0 saturated carbocycles. The Morgan fingerprint density at radius 2 is 1.73 bits per heavy atom. The zero-order valence-corrected chi connectivity index (χ0v) is 8.73. The van der Waals surface area contributed by atoms with E-state index in [1.165, 1.54) is 12.1 Å². The number of allylic oxidation sites excluding steroid dienone is 2. The van der Waals surface area contributed by atoms with Gasteiger partial charge in [0.2, 0.25) is 0 Å². The zero-order valence-electron chi connectivity index (χ0n) is 8.73. The number of rotatable bonds is 2. The number of hydrogen-bond donors (Lipinski definition) is 0. The van der Waals surface area contributed by atoms with Crippen molar-refractivity contribution in [2.45, 2.75) is 26.4 Å². The van der Waals surface area contributed by atoms with Gasteiger partial charge in [0, 0.05) is 0 Å². The van der Waals surface area contributed by atoms with Gasteiger partial charge < -0.3 is 0 Å². The van der Waals surface area contributed by atoms with E-state index in [2.05, 4.69) is 0 Å². The molecule has 15 heavy (non-hydrogen) atoms. The van der Waals surface area contributed by atoms with Crippen LogP contribution >= 0.6 is 0 Å². The van der Waals surface area contributed by atoms with Gasteiger partial charge in [-0.05, 0) is 36.6 Å². The lowest BCUT2D eigenvalue weighted by Crippen LogP contribution is -2.04. The SMILES string of the molecule is CC/C=C(\C)c1ccc(C(F)(F)F)cc1. The average molecular weight is 214 g/mol. The van der Waals surface area contributed by atoms with Crippen molar-refractivity contribution in [3.63, 3.8) is 0 Å². The molecule has 0 N–H and O–H groups in total. The fourth-order valence-corrected chi connectivity index (χ4v) is 1.35. The average Bonchev–Trinajstić information content (AvgIpc) is 2.17. The van der Waals surface area contributed by atoms with E-state index in [0.717, 1.165) is 29.7 Å². The molecule has 0 radical (unpaired) electrons. The van der Waals surface area contributed by atoms with Crippen LogP contribution in [0.2, 0.25) is 0 Å². The summed E-state index contributed by atoms with van der Waals surface area (Å²) in [5.41, 5.74) is 1.24. The third-order valence-corrected chi connectivity index (χ3v) is 2.18. The summed E-state index contributed by atoms with van der Waals surface area (Å²) < 4.78 is 36.8. The summed E-state index contributed by atoms with van der Waals surface area (Å²) in [7, 11) is 0. The summed E-state index contributed by atoms with van der Waals surface area (Å²) in [5, 5.41) is 0. The minimum Gasteiger partial charge on any atom is -0.166 e. The van der Waals surface area contributed by atoms with E-state index in [1.54, 1.807) is 0 Å². The maximum atomic E-state index is 12.3. The fraction of sp³-hybridized carbons (Fsp3) is 0.333. The summed E-state index contributed by atoms with van der Waals surface area (Å²) >= 11 is 0. The van der Waals surface area contributed by atoms with Gasteiger partial charge in [0.1, 0.15) is 0 Å². The van der Waals surface area contributed by atoms with Crippen molar-refractivity contribution in [3.8, 4) is 0 Å². The normalized spacial score (nSPS) is 13.0. The predicted molar refractivity (Wildman–Crippen MR) is 55.4 cm³/mol. The van der Waals surface area contributed by atoms with Crippen molar-refractivity contribution in [2.75, 3.05) is 0 Å². The lowest BCUT2D eigenvalue weighted by Gasteiger charge is -2.07. The number of alkyl halides is 3. The smallest absolute Gasteiger partial charge is 0.166 e. The van der Waals surface area contributed by atoms with Gasteiger partial charge in [-0.1, -0.05) is 25.1 Å². The Labute approximate surface area is 87.4 Å². The molecule has 1 aromatic rings. The van der Waals surface area contributed by atoms with Crippen molar-refractivity contribution in [3.05, 3.63) is 41.5 Å². The predicted octanol–water partition coefficient (Wildman–Crippen LogP) is 4.52. The molecule has 0 saturated heterocycles. The molecule has 82 valence electrons. The number of halogens is 3. The Balaban J connectivity index is 2.96. The van der Waals surface area contributed by atoms with Crippen LogP contribution in [0.3, 0.4) is 0 Å². The molecule has 0 aliphatic rings. The summed E-state index contributed by atoms with van der Waals surface area (Å²) in [4.78, 5) is 0. The van der Waals surface area contributed by atoms with Gasteiger partial charge in [-0.15, -0.1) is 0 Å². The Hall–Kier alpha value is -1.25. The second-order valence-corrected chi connectivity index (χ2v) is 3.37. The molecule has 0 aliphatic carbocycles. The van der Waals surface area contributed by atoms with Gasteiger partial charge in [0.25, 0.3) is 0 Å². The van der Waals surface area contributed by atoms with E-state index >= 15 is 0 Å². The summed E-state index contributed by atoms with van der Waals surface area (Å²) in [5.74, 6) is 0. The highest BCUT2D eigenvalue weighted by Crippen LogP contribution is 2.29. The van der Waals surface area contributed by atoms with Gasteiger partial charge in [0.05, 0.1) is 5.56 Å². The zero-order chi connectivity index (χ0) is 11.5. The Kier molecular flexibility index (Phi) is 3.56. The van der Waals surface area contributed by atoms with Crippen LogP contribution in [0.25, 0.3) is 5.57 Å². The molecule has 0 unspecified atom stereocenters. The summed E-state index contributed by atoms with van der Waals surface area (Å²) in [6, 6.07) is 5.24. The summed E-state index contributed by atoms with van der Waals surface area (Å²) in [6.07, 6.45) is -1.38. The number of benzene rings is 1. The second kappa shape index (κ2) is 4.51. The van der Waals surface area contributed by atoms with Gasteiger partial charge in [-0.2, -0.15) is 13.2 Å². The van der Waals surface area contributed by atoms with E-state index in [-0.39, 0.29) is 0 Å². The molecule has 0 amide bonds. The van der Waals surface area contributed by atoms with Gasteiger partial charge in [-0.25, -0.2) is 0 Å². The standard InChI is InChI=1S/C12H13F3/c1-3-4-9(2)10-5-7-11(8-6-10)12(13,14)15/h4-8H,3H2,1-2H3/b9-4+. The largest absolute Gasteiger partial charge is 0.416 e. The van der Waals surface area contributed by atoms with E-state index in [9.17, 15) is 13.2 Å². The van der Waals surface area contributed by atoms with Crippen LogP contribution in [0, 0.1) is 0 Å². The van der Waals surface area contributed by atoms with Crippen LogP contribution in [0.4, 0.5) is 13.2 Å². The van der Waals surface area contributed by atoms with Crippen LogP contribution in [-0.4, -0.2) is 0 Å². The van der Waals surface area contributed by atoms with Crippen molar-refractivity contribution in [1.82, 2.24) is 0 Å². The molecule has 0 spiro atoms. The second-order valence-electron chi connectivity index (χ2n) is 3.37. The van der Waals surface area contributed by atoms with Crippen molar-refractivity contribution in [2.24, 2.45) is 0 Å². The van der Waals surface area contributed by atoms with Gasteiger partial charge >= 0.3 is 6.18 Å². The summed E-state index contributed by atoms with van der Waals surface area (Å²) in [6.45, 7) is 3.89. The lowest BCUT2D eigenvalue weighted by molar-refractivity contribution is -0.137. The van der Waals surface area contributed by atoms with Crippen molar-refractivity contribution in [1.29, 1.82) is 0 Å². The molecular formula is C12H13F3. The van der Waals surface area contributed by atoms with Crippen LogP contribution in [-0.2, 0) is 6.18 Å². The van der Waals surface area contributed by atoms with Gasteiger partial charge in [0.15, 0.2) is 0 Å². The van der Waals surface area contributed by atoms with Crippen LogP contribution in [0.1, 0.15) is 31.4 Å². The topological polar surface area (TPSA) is 0 Å². The van der Waals surface area contributed by atoms with Crippen LogP contribution in [0.5, 0.6) is 0 Å². The van der Waals surface area contributed by atoms with E-state index in [4.69, 9.17) is 0 Å². The molecule has 0 bridgehead atoms. The highest BCUT2D eigenvalue weighted by atomic mass is 19.4. The molecule has 0 aromatic heterocycles. The molecule has 0 aliphatic heterocycles. The Bertz CT molecular complexity index is 344. The molecule has 3 heteroatoms. The highest BCUT2D eigenvalue weighted by Gasteiger charge is 2.29. The molecule has 0 atom stereocenters. The Morgan fingerprint density at radius 3 is 2.13 bits per heavy atom. The molecular weight excluding hydrogens is 201 g/mol. The van der Waals surface area contributed by atoms with Crippen LogP contribution < -0.4 is 0 Å². The molecule has 0 fully saturated rings. The maximum Gasteiger partial charge on any atom is 0.416 e. The molecule has 1 rings (SSSR count).